The zero-order valence-corrected chi connectivity index (χ0v) is 13.5. The van der Waals surface area contributed by atoms with Crippen molar-refractivity contribution >= 4 is 28.3 Å². The molecule has 1 aliphatic heterocycles. The van der Waals surface area contributed by atoms with Crippen LogP contribution in [0.25, 0.3) is 0 Å². The maximum absolute atomic E-state index is 12.2. The minimum absolute atomic E-state index is 0.0831. The molecule has 1 N–H and O–H groups in total. The topological polar surface area (TPSA) is 106 Å². The molecule has 3 rings (SSSR count). The third-order valence-corrected chi connectivity index (χ3v) is 4.69. The standard InChI is InChI=1S/C13H17N7O2S/c1-2-10-16-17-13(23-10)20-8-9(7-11(20)21)12(22)14-3-5-19-6-4-15-18-19/h4,6,9H,2-3,5,7-8H2,1H3,(H,14,22). The minimum atomic E-state index is -0.354. The maximum atomic E-state index is 12.2. The van der Waals surface area contributed by atoms with E-state index in [2.05, 4.69) is 25.8 Å². The fourth-order valence-corrected chi connectivity index (χ4v) is 3.16. The number of amides is 2. The Kier molecular flexibility index (Phi) is 4.60. The molecule has 3 heterocycles. The van der Waals surface area contributed by atoms with E-state index >= 15 is 0 Å². The molecule has 0 aromatic carbocycles. The molecule has 0 aliphatic carbocycles. The van der Waals surface area contributed by atoms with E-state index in [1.54, 1.807) is 22.0 Å². The van der Waals surface area contributed by atoms with Gasteiger partial charge in [-0.1, -0.05) is 23.5 Å². The Balaban J connectivity index is 1.53. The molecule has 0 radical (unpaired) electrons. The van der Waals surface area contributed by atoms with Gasteiger partial charge in [0.15, 0.2) is 0 Å². The lowest BCUT2D eigenvalue weighted by Gasteiger charge is -2.12. The first-order chi connectivity index (χ1) is 11.2. The second kappa shape index (κ2) is 6.82. The van der Waals surface area contributed by atoms with Gasteiger partial charge in [-0.25, -0.2) is 0 Å². The maximum Gasteiger partial charge on any atom is 0.229 e. The summed E-state index contributed by atoms with van der Waals surface area (Å²) < 4.78 is 1.64. The SMILES string of the molecule is CCc1nnc(N2CC(C(=O)NCCn3ccnn3)CC2=O)s1. The highest BCUT2D eigenvalue weighted by molar-refractivity contribution is 7.15. The van der Waals surface area contributed by atoms with Crippen LogP contribution in [0.1, 0.15) is 18.4 Å². The van der Waals surface area contributed by atoms with Gasteiger partial charge in [0.2, 0.25) is 16.9 Å². The second-order valence-corrected chi connectivity index (χ2v) is 6.23. The van der Waals surface area contributed by atoms with Crippen LogP contribution in [-0.2, 0) is 22.6 Å². The summed E-state index contributed by atoms with van der Waals surface area (Å²) in [6.45, 7) is 3.34. The van der Waals surface area contributed by atoms with E-state index in [0.717, 1.165) is 11.4 Å². The molecule has 10 heteroatoms. The Hall–Kier alpha value is -2.36. The number of anilines is 1. The molecule has 122 valence electrons. The lowest BCUT2D eigenvalue weighted by Crippen LogP contribution is -2.34. The zero-order valence-electron chi connectivity index (χ0n) is 12.7. The van der Waals surface area contributed by atoms with Gasteiger partial charge in [0.05, 0.1) is 18.7 Å². The summed E-state index contributed by atoms with van der Waals surface area (Å²) in [4.78, 5) is 25.9. The quantitative estimate of drug-likeness (QED) is 0.788. The fourth-order valence-electron chi connectivity index (χ4n) is 2.35. The number of carbonyl (C=O) groups excluding carboxylic acids is 2. The van der Waals surface area contributed by atoms with Crippen molar-refractivity contribution in [2.75, 3.05) is 18.0 Å². The molecular formula is C13H17N7O2S. The highest BCUT2D eigenvalue weighted by atomic mass is 32.1. The predicted octanol–water partition coefficient (Wildman–Crippen LogP) is -0.139. The molecule has 1 unspecified atom stereocenters. The first kappa shape index (κ1) is 15.5. The molecule has 0 saturated carbocycles. The van der Waals surface area contributed by atoms with Gasteiger partial charge in [0, 0.05) is 25.7 Å². The van der Waals surface area contributed by atoms with E-state index in [-0.39, 0.29) is 24.2 Å². The number of nitrogens with zero attached hydrogens (tertiary/aromatic N) is 6. The van der Waals surface area contributed by atoms with Crippen LogP contribution < -0.4 is 10.2 Å². The number of rotatable bonds is 6. The van der Waals surface area contributed by atoms with Crippen molar-refractivity contribution in [1.82, 2.24) is 30.5 Å². The van der Waals surface area contributed by atoms with E-state index in [9.17, 15) is 9.59 Å². The van der Waals surface area contributed by atoms with Crippen LogP contribution in [0.2, 0.25) is 0 Å². The highest BCUT2D eigenvalue weighted by Crippen LogP contribution is 2.28. The van der Waals surface area contributed by atoms with Crippen molar-refractivity contribution in [3.05, 3.63) is 17.4 Å². The number of aromatic nitrogens is 5. The largest absolute Gasteiger partial charge is 0.354 e. The van der Waals surface area contributed by atoms with Crippen LogP contribution in [0.3, 0.4) is 0 Å². The summed E-state index contributed by atoms with van der Waals surface area (Å²) in [7, 11) is 0. The molecule has 9 nitrogen and oxygen atoms in total. The molecule has 2 aromatic rings. The Morgan fingerprint density at radius 2 is 2.35 bits per heavy atom. The van der Waals surface area contributed by atoms with Gasteiger partial charge >= 0.3 is 0 Å². The lowest BCUT2D eigenvalue weighted by atomic mass is 10.1. The van der Waals surface area contributed by atoms with Crippen LogP contribution in [0.5, 0.6) is 0 Å². The summed E-state index contributed by atoms with van der Waals surface area (Å²) in [5.41, 5.74) is 0. The van der Waals surface area contributed by atoms with Gasteiger partial charge < -0.3 is 5.32 Å². The summed E-state index contributed by atoms with van der Waals surface area (Å²) in [6, 6.07) is 0. The van der Waals surface area contributed by atoms with Gasteiger partial charge in [0.1, 0.15) is 5.01 Å². The molecule has 2 amide bonds. The Bertz CT molecular complexity index is 684. The molecule has 1 saturated heterocycles. The first-order valence-corrected chi connectivity index (χ1v) is 8.23. The summed E-state index contributed by atoms with van der Waals surface area (Å²) >= 11 is 1.40. The molecule has 23 heavy (non-hydrogen) atoms. The number of hydrogen-bond acceptors (Lipinski definition) is 7. The van der Waals surface area contributed by atoms with Crippen LogP contribution >= 0.6 is 11.3 Å². The van der Waals surface area contributed by atoms with E-state index in [1.165, 1.54) is 11.3 Å². The van der Waals surface area contributed by atoms with E-state index in [4.69, 9.17) is 0 Å². The van der Waals surface area contributed by atoms with Crippen molar-refractivity contribution in [2.24, 2.45) is 5.92 Å². The van der Waals surface area contributed by atoms with Gasteiger partial charge in [-0.05, 0) is 6.42 Å². The van der Waals surface area contributed by atoms with E-state index in [0.29, 0.717) is 24.8 Å². The number of carbonyl (C=O) groups is 2. The summed E-state index contributed by atoms with van der Waals surface area (Å²) in [5, 5.41) is 19.9. The number of hydrogen-bond donors (Lipinski definition) is 1. The highest BCUT2D eigenvalue weighted by Gasteiger charge is 2.36. The van der Waals surface area contributed by atoms with Gasteiger partial charge in [-0.3, -0.25) is 19.2 Å². The zero-order chi connectivity index (χ0) is 16.2. The van der Waals surface area contributed by atoms with E-state index < -0.39 is 0 Å². The minimum Gasteiger partial charge on any atom is -0.354 e. The normalized spacial score (nSPS) is 17.7. The van der Waals surface area contributed by atoms with Crippen molar-refractivity contribution in [1.29, 1.82) is 0 Å². The van der Waals surface area contributed by atoms with Gasteiger partial charge in [0.25, 0.3) is 0 Å². The Labute approximate surface area is 136 Å². The van der Waals surface area contributed by atoms with Crippen molar-refractivity contribution in [3.8, 4) is 0 Å². The molecular weight excluding hydrogens is 318 g/mol. The molecule has 0 spiro atoms. The molecule has 1 aliphatic rings. The Morgan fingerprint density at radius 3 is 3.04 bits per heavy atom. The second-order valence-electron chi connectivity index (χ2n) is 5.19. The van der Waals surface area contributed by atoms with Crippen molar-refractivity contribution in [3.63, 3.8) is 0 Å². The average molecular weight is 335 g/mol. The molecule has 2 aromatic heterocycles. The first-order valence-electron chi connectivity index (χ1n) is 7.42. The molecule has 1 atom stereocenters. The van der Waals surface area contributed by atoms with Gasteiger partial charge in [-0.15, -0.1) is 15.3 Å². The smallest absolute Gasteiger partial charge is 0.229 e. The van der Waals surface area contributed by atoms with Crippen molar-refractivity contribution < 1.29 is 9.59 Å². The third-order valence-electron chi connectivity index (χ3n) is 3.60. The molecule has 1 fully saturated rings. The Morgan fingerprint density at radius 1 is 1.48 bits per heavy atom. The summed E-state index contributed by atoms with van der Waals surface area (Å²) in [6.07, 6.45) is 4.30. The van der Waals surface area contributed by atoms with Crippen LogP contribution in [0, 0.1) is 5.92 Å². The summed E-state index contributed by atoms with van der Waals surface area (Å²) in [5.74, 6) is -0.561. The average Bonchev–Trinajstić information content (AvgIpc) is 3.26. The number of nitrogens with one attached hydrogen (secondary N) is 1. The lowest BCUT2D eigenvalue weighted by molar-refractivity contribution is -0.126. The number of aryl methyl sites for hydroxylation is 1. The van der Waals surface area contributed by atoms with Crippen LogP contribution in [0.15, 0.2) is 12.4 Å². The van der Waals surface area contributed by atoms with Crippen LogP contribution in [-0.4, -0.2) is 50.1 Å². The monoisotopic (exact) mass is 335 g/mol. The fraction of sp³-hybridized carbons (Fsp3) is 0.538. The van der Waals surface area contributed by atoms with Crippen LogP contribution in [0.4, 0.5) is 5.13 Å². The predicted molar refractivity (Wildman–Crippen MR) is 82.8 cm³/mol. The third kappa shape index (κ3) is 3.52. The molecule has 0 bridgehead atoms. The van der Waals surface area contributed by atoms with E-state index in [1.807, 2.05) is 6.92 Å². The van der Waals surface area contributed by atoms with Crippen molar-refractivity contribution in [2.45, 2.75) is 26.3 Å². The van der Waals surface area contributed by atoms with Gasteiger partial charge in [-0.2, -0.15) is 0 Å².